The summed E-state index contributed by atoms with van der Waals surface area (Å²) in [5, 5.41) is 8.51. The van der Waals surface area contributed by atoms with Crippen molar-refractivity contribution in [3.05, 3.63) is 93.9 Å². The Balaban J connectivity index is 1.46. The van der Waals surface area contributed by atoms with Crippen molar-refractivity contribution in [1.29, 1.82) is 0 Å². The topological polar surface area (TPSA) is 90.5 Å². The van der Waals surface area contributed by atoms with Crippen LogP contribution in [0.25, 0.3) is 0 Å². The fourth-order valence-electron chi connectivity index (χ4n) is 3.89. The van der Waals surface area contributed by atoms with Gasteiger partial charge in [-0.25, -0.2) is 9.18 Å². The third-order valence-corrected chi connectivity index (χ3v) is 6.56. The van der Waals surface area contributed by atoms with Gasteiger partial charge in [0.05, 0.1) is 12.6 Å². The smallest absolute Gasteiger partial charge is 0.318 e. The molecular formula is C24H23FN4O3S. The van der Waals surface area contributed by atoms with E-state index in [0.29, 0.717) is 12.0 Å². The number of benzene rings is 2. The van der Waals surface area contributed by atoms with Crippen LogP contribution in [-0.2, 0) is 15.1 Å². The minimum absolute atomic E-state index is 0.165. The Kier molecular flexibility index (Phi) is 6.52. The zero-order valence-electron chi connectivity index (χ0n) is 17.9. The highest BCUT2D eigenvalue weighted by Crippen LogP contribution is 2.31. The standard InChI is InChI=1S/C24H23FN4O3S/c1-2-24(17-7-4-3-5-8-17)22(31)29(23(32)27-24)28-20(30)15-26-21(19-9-6-14-33-19)16-10-12-18(25)13-11-16/h3-14,21,26H,2,15H2,1H3,(H,27,32)(H,28,30). The summed E-state index contributed by atoms with van der Waals surface area (Å²) in [6.45, 7) is 1.63. The maximum absolute atomic E-state index is 13.4. The second kappa shape index (κ2) is 9.51. The zero-order chi connectivity index (χ0) is 23.4. The predicted molar refractivity (Wildman–Crippen MR) is 122 cm³/mol. The van der Waals surface area contributed by atoms with Gasteiger partial charge >= 0.3 is 6.03 Å². The van der Waals surface area contributed by atoms with Crippen molar-refractivity contribution in [2.45, 2.75) is 24.9 Å². The maximum atomic E-state index is 13.4. The molecule has 3 aromatic rings. The van der Waals surface area contributed by atoms with Crippen molar-refractivity contribution in [3.8, 4) is 0 Å². The summed E-state index contributed by atoms with van der Waals surface area (Å²) in [7, 11) is 0. The van der Waals surface area contributed by atoms with Crippen molar-refractivity contribution in [2.75, 3.05) is 6.54 Å². The quantitative estimate of drug-likeness (QED) is 0.444. The fourth-order valence-corrected chi connectivity index (χ4v) is 4.72. The van der Waals surface area contributed by atoms with Crippen molar-refractivity contribution < 1.29 is 18.8 Å². The second-order valence-electron chi connectivity index (χ2n) is 7.61. The summed E-state index contributed by atoms with van der Waals surface area (Å²) >= 11 is 1.50. The third-order valence-electron chi connectivity index (χ3n) is 5.62. The molecule has 1 aromatic heterocycles. The molecule has 170 valence electrons. The lowest BCUT2D eigenvalue weighted by atomic mass is 9.87. The maximum Gasteiger partial charge on any atom is 0.344 e. The molecule has 2 aromatic carbocycles. The van der Waals surface area contributed by atoms with Crippen molar-refractivity contribution >= 4 is 29.2 Å². The molecule has 0 saturated carbocycles. The number of urea groups is 1. The van der Waals surface area contributed by atoms with Crippen LogP contribution in [0.3, 0.4) is 0 Å². The molecule has 0 bridgehead atoms. The Morgan fingerprint density at radius 1 is 1.09 bits per heavy atom. The van der Waals surface area contributed by atoms with E-state index in [0.717, 1.165) is 15.4 Å². The number of amides is 4. The van der Waals surface area contributed by atoms with Crippen LogP contribution in [-0.4, -0.2) is 29.4 Å². The first kappa shape index (κ1) is 22.6. The summed E-state index contributed by atoms with van der Waals surface area (Å²) in [4.78, 5) is 39.4. The normalized spacial score (nSPS) is 18.8. The third kappa shape index (κ3) is 4.50. The highest BCUT2D eigenvalue weighted by molar-refractivity contribution is 7.10. The molecule has 1 saturated heterocycles. The molecule has 33 heavy (non-hydrogen) atoms. The van der Waals surface area contributed by atoms with Crippen LogP contribution < -0.4 is 16.1 Å². The van der Waals surface area contributed by atoms with Crippen LogP contribution in [0.4, 0.5) is 9.18 Å². The van der Waals surface area contributed by atoms with Gasteiger partial charge in [0.2, 0.25) is 0 Å². The van der Waals surface area contributed by atoms with E-state index in [9.17, 15) is 18.8 Å². The number of hydrogen-bond donors (Lipinski definition) is 3. The highest BCUT2D eigenvalue weighted by atomic mass is 32.1. The monoisotopic (exact) mass is 466 g/mol. The van der Waals surface area contributed by atoms with E-state index >= 15 is 0 Å². The number of carbonyl (C=O) groups is 3. The van der Waals surface area contributed by atoms with Crippen LogP contribution >= 0.6 is 11.3 Å². The zero-order valence-corrected chi connectivity index (χ0v) is 18.7. The molecule has 2 heterocycles. The number of nitrogens with zero attached hydrogens (tertiary/aromatic N) is 1. The van der Waals surface area contributed by atoms with Gasteiger partial charge in [-0.15, -0.1) is 11.3 Å². The van der Waals surface area contributed by atoms with Crippen LogP contribution in [0.15, 0.2) is 72.1 Å². The lowest BCUT2D eigenvalue weighted by Gasteiger charge is -2.25. The van der Waals surface area contributed by atoms with Crippen molar-refractivity contribution in [2.24, 2.45) is 0 Å². The predicted octanol–water partition coefficient (Wildman–Crippen LogP) is 3.45. The number of halogens is 1. The number of rotatable bonds is 8. The fraction of sp³-hybridized carbons (Fsp3) is 0.208. The molecule has 3 N–H and O–H groups in total. The molecule has 4 rings (SSSR count). The van der Waals surface area contributed by atoms with Crippen LogP contribution in [0.1, 0.15) is 35.4 Å². The minimum atomic E-state index is -1.23. The van der Waals surface area contributed by atoms with Gasteiger partial charge in [-0.05, 0) is 41.1 Å². The van der Waals surface area contributed by atoms with Gasteiger partial charge in [-0.2, -0.15) is 5.01 Å². The Hall–Kier alpha value is -3.56. The van der Waals surface area contributed by atoms with Crippen LogP contribution in [0.2, 0.25) is 0 Å². The number of thiophene rings is 1. The van der Waals surface area contributed by atoms with Gasteiger partial charge in [-0.3, -0.25) is 20.3 Å². The summed E-state index contributed by atoms with van der Waals surface area (Å²) in [5.74, 6) is -1.44. The molecule has 4 amide bonds. The molecule has 9 heteroatoms. The van der Waals surface area contributed by atoms with Crippen molar-refractivity contribution in [3.63, 3.8) is 0 Å². The van der Waals surface area contributed by atoms with E-state index < -0.39 is 23.4 Å². The summed E-state index contributed by atoms with van der Waals surface area (Å²) < 4.78 is 13.4. The van der Waals surface area contributed by atoms with Gasteiger partial charge < -0.3 is 5.32 Å². The summed E-state index contributed by atoms with van der Waals surface area (Å²) in [6, 6.07) is 17.7. The summed E-state index contributed by atoms with van der Waals surface area (Å²) in [5.41, 5.74) is 2.62. The first-order chi connectivity index (χ1) is 15.9. The Labute approximate surface area is 194 Å². The molecule has 0 radical (unpaired) electrons. The lowest BCUT2D eigenvalue weighted by Crippen LogP contribution is -2.50. The first-order valence-electron chi connectivity index (χ1n) is 10.5. The molecule has 1 fully saturated rings. The minimum Gasteiger partial charge on any atom is -0.318 e. The Morgan fingerprint density at radius 3 is 2.45 bits per heavy atom. The largest absolute Gasteiger partial charge is 0.344 e. The molecule has 2 unspecified atom stereocenters. The van der Waals surface area contributed by atoms with Gasteiger partial charge in [0.1, 0.15) is 11.4 Å². The first-order valence-corrected chi connectivity index (χ1v) is 11.4. The second-order valence-corrected chi connectivity index (χ2v) is 8.59. The number of carbonyl (C=O) groups excluding carboxylic acids is 3. The van der Waals surface area contributed by atoms with Gasteiger partial charge in [0.25, 0.3) is 11.8 Å². The lowest BCUT2D eigenvalue weighted by molar-refractivity contribution is -0.139. The van der Waals surface area contributed by atoms with Crippen molar-refractivity contribution in [1.82, 2.24) is 21.1 Å². The van der Waals surface area contributed by atoms with Gasteiger partial charge in [-0.1, -0.05) is 55.5 Å². The van der Waals surface area contributed by atoms with E-state index in [4.69, 9.17) is 0 Å². The van der Waals surface area contributed by atoms with E-state index in [-0.39, 0.29) is 18.4 Å². The molecule has 0 spiro atoms. The number of nitrogens with one attached hydrogen (secondary N) is 3. The average Bonchev–Trinajstić information content (AvgIpc) is 3.44. The van der Waals surface area contributed by atoms with Crippen LogP contribution in [0.5, 0.6) is 0 Å². The van der Waals surface area contributed by atoms with Gasteiger partial charge in [0.15, 0.2) is 0 Å². The molecule has 7 nitrogen and oxygen atoms in total. The SMILES string of the molecule is CCC1(c2ccccc2)NC(=O)N(NC(=O)CNC(c2ccc(F)cc2)c2cccs2)C1=O. The average molecular weight is 467 g/mol. The number of hydrogen-bond acceptors (Lipinski definition) is 5. The molecule has 1 aliphatic rings. The molecule has 2 atom stereocenters. The highest BCUT2D eigenvalue weighted by Gasteiger charge is 2.52. The van der Waals surface area contributed by atoms with E-state index in [1.807, 2.05) is 23.6 Å². The number of hydrazine groups is 1. The van der Waals surface area contributed by atoms with E-state index in [1.165, 1.54) is 23.5 Å². The molecule has 0 aliphatic carbocycles. The van der Waals surface area contributed by atoms with Crippen LogP contribution in [0, 0.1) is 5.82 Å². The number of imide groups is 1. The molecule has 1 aliphatic heterocycles. The van der Waals surface area contributed by atoms with E-state index in [1.54, 1.807) is 43.3 Å². The van der Waals surface area contributed by atoms with E-state index in [2.05, 4.69) is 16.1 Å². The molecular weight excluding hydrogens is 443 g/mol. The van der Waals surface area contributed by atoms with Gasteiger partial charge in [0, 0.05) is 4.88 Å². The Bertz CT molecular complexity index is 1140. The summed E-state index contributed by atoms with van der Waals surface area (Å²) in [6.07, 6.45) is 0.331. The Morgan fingerprint density at radius 2 is 1.82 bits per heavy atom.